The molecule has 1 nitrogen and oxygen atoms in total. The normalized spacial score (nSPS) is 24.9. The predicted octanol–water partition coefficient (Wildman–Crippen LogP) is 4.57. The van der Waals surface area contributed by atoms with Crippen LogP contribution in [-0.2, 0) is 23.6 Å². The van der Waals surface area contributed by atoms with Gasteiger partial charge in [0.25, 0.3) is 0 Å². The summed E-state index contributed by atoms with van der Waals surface area (Å²) in [4.78, 5) is 0. The van der Waals surface area contributed by atoms with E-state index in [1.54, 1.807) is 18.5 Å². The predicted molar refractivity (Wildman–Crippen MR) is 87.5 cm³/mol. The molecule has 0 N–H and O–H groups in total. The quantitative estimate of drug-likeness (QED) is 0.735. The molecule has 0 aromatic heterocycles. The van der Waals surface area contributed by atoms with Gasteiger partial charge in [-0.05, 0) is 23.1 Å². The van der Waals surface area contributed by atoms with Crippen LogP contribution in [0.5, 0.6) is 5.75 Å². The highest BCUT2D eigenvalue weighted by atomic mass is 33.4. The van der Waals surface area contributed by atoms with E-state index < -0.39 is 11.0 Å². The molecule has 0 spiro atoms. The van der Waals surface area contributed by atoms with Gasteiger partial charge < -0.3 is 4.74 Å². The van der Waals surface area contributed by atoms with Crippen LogP contribution in [-0.4, -0.2) is 7.11 Å². The number of rotatable bonds is 2. The minimum atomic E-state index is -0.911. The molecule has 86 valence electrons. The van der Waals surface area contributed by atoms with Crippen LogP contribution in [0.2, 0.25) is 0 Å². The second-order valence-electron chi connectivity index (χ2n) is 3.02. The van der Waals surface area contributed by atoms with Gasteiger partial charge in [-0.2, -0.15) is 0 Å². The summed E-state index contributed by atoms with van der Waals surface area (Å²) >= 11 is 14.5. The minimum Gasteiger partial charge on any atom is -0.497 e. The van der Waals surface area contributed by atoms with Crippen LogP contribution in [0.15, 0.2) is 29.7 Å². The van der Waals surface area contributed by atoms with Gasteiger partial charge in [0.1, 0.15) is 5.75 Å². The zero-order chi connectivity index (χ0) is 11.5. The van der Waals surface area contributed by atoms with Crippen LogP contribution in [0.1, 0.15) is 5.56 Å². The Bertz CT molecular complexity index is 469. The molecule has 1 aliphatic heterocycles. The number of hydrogen-bond donors (Lipinski definition) is 0. The van der Waals surface area contributed by atoms with E-state index in [1.807, 2.05) is 23.1 Å². The third-order valence-corrected chi connectivity index (χ3v) is 19.0. The monoisotopic (exact) mass is 324 g/mol. The first-order chi connectivity index (χ1) is 7.70. The molecule has 0 amide bonds. The summed E-state index contributed by atoms with van der Waals surface area (Å²) in [5.41, 5.74) is 1.22. The van der Waals surface area contributed by atoms with E-state index in [-0.39, 0.29) is 0 Å². The SMILES string of the molecule is COc1ccc(C2=CS[PH](=S)S[PH]2=S)cc1. The Hall–Kier alpha value is 0.760. The van der Waals surface area contributed by atoms with Crippen LogP contribution in [0.3, 0.4) is 0 Å². The molecule has 0 fully saturated rings. The Morgan fingerprint density at radius 3 is 2.44 bits per heavy atom. The zero-order valence-electron chi connectivity index (χ0n) is 8.43. The zero-order valence-corrected chi connectivity index (χ0v) is 13.7. The minimum absolute atomic E-state index is 0.737. The lowest BCUT2D eigenvalue weighted by atomic mass is 10.2. The molecule has 0 radical (unpaired) electrons. The van der Waals surface area contributed by atoms with Gasteiger partial charge in [0.05, 0.1) is 12.2 Å². The Labute approximate surface area is 115 Å². The van der Waals surface area contributed by atoms with Gasteiger partial charge in [-0.15, -0.1) is 0 Å². The van der Waals surface area contributed by atoms with Gasteiger partial charge >= 0.3 is 0 Å². The first kappa shape index (κ1) is 13.2. The lowest BCUT2D eigenvalue weighted by molar-refractivity contribution is 0.415. The smallest absolute Gasteiger partial charge is 0.118 e. The van der Waals surface area contributed by atoms with E-state index in [0.717, 1.165) is 5.75 Å². The van der Waals surface area contributed by atoms with E-state index in [1.165, 1.54) is 10.9 Å². The van der Waals surface area contributed by atoms with E-state index in [9.17, 15) is 0 Å². The van der Waals surface area contributed by atoms with Gasteiger partial charge in [-0.3, -0.25) is 0 Å². The summed E-state index contributed by atoms with van der Waals surface area (Å²) in [6.07, 6.45) is 0. The lowest BCUT2D eigenvalue weighted by Gasteiger charge is -2.16. The van der Waals surface area contributed by atoms with Gasteiger partial charge in [-0.1, -0.05) is 58.1 Å². The first-order valence-electron chi connectivity index (χ1n) is 4.48. The standard InChI is InChI=1S/C9H10OP2S4/c1-10-8-4-2-7(3-5-8)9-6-15-12(14)16-11(9)13/h2-6,11-12H,1H3. The van der Waals surface area contributed by atoms with E-state index in [0.29, 0.717) is 0 Å². The molecule has 1 aliphatic rings. The second kappa shape index (κ2) is 6.08. The lowest BCUT2D eigenvalue weighted by Crippen LogP contribution is -1.83. The molecule has 0 saturated carbocycles. The Morgan fingerprint density at radius 1 is 1.19 bits per heavy atom. The van der Waals surface area contributed by atoms with Crippen LogP contribution < -0.4 is 4.74 Å². The van der Waals surface area contributed by atoms with Crippen molar-refractivity contribution in [3.8, 4) is 5.75 Å². The highest BCUT2D eigenvalue weighted by Crippen LogP contribution is 2.72. The van der Waals surface area contributed by atoms with Crippen LogP contribution in [0.25, 0.3) is 5.31 Å². The first-order valence-corrected chi connectivity index (χ1v) is 13.6. The van der Waals surface area contributed by atoms with Crippen LogP contribution >= 0.6 is 33.4 Å². The molecule has 0 aliphatic carbocycles. The maximum Gasteiger partial charge on any atom is 0.118 e. The summed E-state index contributed by atoms with van der Waals surface area (Å²) in [7, 11) is 1.68. The molecule has 0 saturated heterocycles. The van der Waals surface area contributed by atoms with Crippen molar-refractivity contribution in [2.75, 3.05) is 7.11 Å². The van der Waals surface area contributed by atoms with Gasteiger partial charge in [-0.25, -0.2) is 0 Å². The molecular weight excluding hydrogens is 314 g/mol. The van der Waals surface area contributed by atoms with Gasteiger partial charge in [0, 0.05) is 11.2 Å². The van der Waals surface area contributed by atoms with Crippen molar-refractivity contribution < 1.29 is 4.74 Å². The Kier molecular flexibility index (Phi) is 5.02. The summed E-state index contributed by atoms with van der Waals surface area (Å²) in [5, 5.41) is 2.75. The number of benzene rings is 1. The number of hydrogen-bond acceptors (Lipinski definition) is 5. The molecule has 1 aromatic rings. The van der Waals surface area contributed by atoms with E-state index in [2.05, 4.69) is 17.5 Å². The Morgan fingerprint density at radius 2 is 1.88 bits per heavy atom. The maximum atomic E-state index is 5.54. The van der Waals surface area contributed by atoms with Crippen molar-refractivity contribution in [1.29, 1.82) is 0 Å². The summed E-state index contributed by atoms with van der Waals surface area (Å²) < 4.78 is 5.14. The summed E-state index contributed by atoms with van der Waals surface area (Å²) in [6.45, 7) is 0. The highest BCUT2D eigenvalue weighted by Gasteiger charge is 2.14. The molecule has 2 atom stereocenters. The third-order valence-electron chi connectivity index (χ3n) is 2.07. The molecule has 16 heavy (non-hydrogen) atoms. The molecule has 1 aromatic carbocycles. The van der Waals surface area contributed by atoms with Crippen molar-refractivity contribution in [3.63, 3.8) is 0 Å². The fourth-order valence-corrected chi connectivity index (χ4v) is 20.9. The highest BCUT2D eigenvalue weighted by molar-refractivity contribution is 9.10. The fraction of sp³-hybridized carbons (Fsp3) is 0.111. The van der Waals surface area contributed by atoms with Gasteiger partial charge in [0.15, 0.2) is 0 Å². The third kappa shape index (κ3) is 3.16. The van der Waals surface area contributed by atoms with E-state index >= 15 is 0 Å². The van der Waals surface area contributed by atoms with Gasteiger partial charge in [0.2, 0.25) is 0 Å². The number of methoxy groups -OCH3 is 1. The van der Waals surface area contributed by atoms with Crippen molar-refractivity contribution in [3.05, 3.63) is 35.2 Å². The van der Waals surface area contributed by atoms with Crippen LogP contribution in [0, 0.1) is 0 Å². The average molecular weight is 324 g/mol. The molecule has 2 unspecified atom stereocenters. The molecular formula is C9H10OP2S4. The average Bonchev–Trinajstić information content (AvgIpc) is 2.29. The fourth-order valence-electron chi connectivity index (χ4n) is 1.27. The van der Waals surface area contributed by atoms with Crippen molar-refractivity contribution >= 4 is 62.3 Å². The second-order valence-corrected chi connectivity index (χ2v) is 17.7. The number of ether oxygens (including phenoxy) is 1. The van der Waals surface area contributed by atoms with Crippen molar-refractivity contribution in [2.24, 2.45) is 0 Å². The van der Waals surface area contributed by atoms with Crippen molar-refractivity contribution in [1.82, 2.24) is 0 Å². The van der Waals surface area contributed by atoms with Crippen LogP contribution in [0.4, 0.5) is 0 Å². The van der Waals surface area contributed by atoms with Crippen molar-refractivity contribution in [2.45, 2.75) is 0 Å². The van der Waals surface area contributed by atoms with E-state index in [4.69, 9.17) is 28.4 Å². The molecule has 1 heterocycles. The Balaban J connectivity index is 2.30. The molecule has 7 heteroatoms. The summed E-state index contributed by atoms with van der Waals surface area (Å²) in [5.74, 6) is -0.0299. The molecule has 0 bridgehead atoms. The largest absolute Gasteiger partial charge is 0.497 e. The maximum absolute atomic E-state index is 5.54. The molecule has 2 rings (SSSR count). The topological polar surface area (TPSA) is 9.23 Å². The summed E-state index contributed by atoms with van der Waals surface area (Å²) in [6, 6.07) is 8.10.